The molecule has 2 nitrogen and oxygen atoms in total. The van der Waals surface area contributed by atoms with Crippen LogP contribution in [0.1, 0.15) is 11.1 Å². The highest BCUT2D eigenvalue weighted by Gasteiger charge is 2.27. The van der Waals surface area contributed by atoms with Crippen molar-refractivity contribution in [3.05, 3.63) is 35.4 Å². The number of hydrogen-bond acceptors (Lipinski definition) is 2. The molecule has 1 aliphatic heterocycles. The summed E-state index contributed by atoms with van der Waals surface area (Å²) in [7, 11) is 0. The average molecular weight is 272 g/mol. The zero-order chi connectivity index (χ0) is 13.7. The van der Waals surface area contributed by atoms with Crippen LogP contribution in [0.2, 0.25) is 0 Å². The van der Waals surface area contributed by atoms with Crippen molar-refractivity contribution in [2.24, 2.45) is 0 Å². The molecule has 106 valence electrons. The van der Waals surface area contributed by atoms with E-state index in [1.165, 1.54) is 0 Å². The van der Waals surface area contributed by atoms with Gasteiger partial charge in [-0.2, -0.15) is 13.2 Å². The number of halogens is 3. The fourth-order valence-corrected chi connectivity index (χ4v) is 2.28. The Morgan fingerprint density at radius 1 is 1.00 bits per heavy atom. The van der Waals surface area contributed by atoms with Gasteiger partial charge in [-0.1, -0.05) is 24.3 Å². The highest BCUT2D eigenvalue weighted by atomic mass is 19.4. The Balaban J connectivity index is 1.81. The maximum atomic E-state index is 12.2. The largest absolute Gasteiger partial charge is 0.393 e. The number of benzene rings is 1. The van der Waals surface area contributed by atoms with Crippen LogP contribution < -0.4 is 5.32 Å². The molecule has 0 bridgehead atoms. The van der Waals surface area contributed by atoms with Gasteiger partial charge in [0.1, 0.15) is 0 Å². The normalized spacial score (nSPS) is 17.6. The van der Waals surface area contributed by atoms with Crippen LogP contribution in [0.3, 0.4) is 0 Å². The van der Waals surface area contributed by atoms with E-state index < -0.39 is 12.6 Å². The lowest BCUT2D eigenvalue weighted by molar-refractivity contribution is -0.127. The predicted octanol–water partition coefficient (Wildman–Crippen LogP) is 2.24. The number of piperazine rings is 1. The van der Waals surface area contributed by atoms with Crippen molar-refractivity contribution in [3.63, 3.8) is 0 Å². The Morgan fingerprint density at radius 3 is 2.16 bits per heavy atom. The highest BCUT2D eigenvalue weighted by Crippen LogP contribution is 2.21. The van der Waals surface area contributed by atoms with E-state index in [-0.39, 0.29) is 0 Å². The Hall–Kier alpha value is -1.07. The minimum absolute atomic E-state index is 0.332. The standard InChI is InChI=1S/C14H19F3N2/c15-14(16,17)11-13-3-1-12(2-4-13)5-8-19-9-6-18-7-10-19/h1-4,18H,5-11H2. The van der Waals surface area contributed by atoms with Gasteiger partial charge in [0.25, 0.3) is 0 Å². The van der Waals surface area contributed by atoms with Crippen molar-refractivity contribution in [1.29, 1.82) is 0 Å². The Kier molecular flexibility index (Phi) is 4.82. The Labute approximate surface area is 111 Å². The van der Waals surface area contributed by atoms with Crippen molar-refractivity contribution in [1.82, 2.24) is 10.2 Å². The summed E-state index contributed by atoms with van der Waals surface area (Å²) in [5.41, 5.74) is 1.43. The Morgan fingerprint density at radius 2 is 1.58 bits per heavy atom. The van der Waals surface area contributed by atoms with Crippen LogP contribution in [-0.4, -0.2) is 43.8 Å². The van der Waals surface area contributed by atoms with Crippen LogP contribution in [0.5, 0.6) is 0 Å². The minimum Gasteiger partial charge on any atom is -0.314 e. The molecule has 1 N–H and O–H groups in total. The SMILES string of the molecule is FC(F)(F)Cc1ccc(CCN2CCNCC2)cc1. The van der Waals surface area contributed by atoms with E-state index in [1.807, 2.05) is 12.1 Å². The zero-order valence-corrected chi connectivity index (χ0v) is 10.8. The third-order valence-corrected chi connectivity index (χ3v) is 3.35. The maximum Gasteiger partial charge on any atom is 0.393 e. The molecule has 1 saturated heterocycles. The van der Waals surface area contributed by atoms with Crippen LogP contribution in [-0.2, 0) is 12.8 Å². The van der Waals surface area contributed by atoms with Gasteiger partial charge in [-0.05, 0) is 17.5 Å². The topological polar surface area (TPSA) is 15.3 Å². The molecule has 5 heteroatoms. The molecule has 0 unspecified atom stereocenters. The molecule has 1 aliphatic rings. The molecule has 1 aromatic rings. The zero-order valence-electron chi connectivity index (χ0n) is 10.8. The first-order chi connectivity index (χ1) is 9.03. The molecule has 1 fully saturated rings. The van der Waals surface area contributed by atoms with Crippen LogP contribution in [0.15, 0.2) is 24.3 Å². The first-order valence-corrected chi connectivity index (χ1v) is 6.60. The van der Waals surface area contributed by atoms with E-state index in [4.69, 9.17) is 0 Å². The van der Waals surface area contributed by atoms with Gasteiger partial charge < -0.3 is 10.2 Å². The summed E-state index contributed by atoms with van der Waals surface area (Å²) in [6.07, 6.45) is -4.07. The summed E-state index contributed by atoms with van der Waals surface area (Å²) >= 11 is 0. The van der Waals surface area contributed by atoms with Crippen molar-refractivity contribution in [2.75, 3.05) is 32.7 Å². The van der Waals surface area contributed by atoms with Gasteiger partial charge in [-0.15, -0.1) is 0 Å². The molecule has 0 radical (unpaired) electrons. The molecule has 0 spiro atoms. The predicted molar refractivity (Wildman–Crippen MR) is 69.2 cm³/mol. The molecule has 0 aliphatic carbocycles. The van der Waals surface area contributed by atoms with Crippen molar-refractivity contribution in [2.45, 2.75) is 19.0 Å². The lowest BCUT2D eigenvalue weighted by Gasteiger charge is -2.27. The van der Waals surface area contributed by atoms with Gasteiger partial charge in [0.05, 0.1) is 6.42 Å². The maximum absolute atomic E-state index is 12.2. The fraction of sp³-hybridized carbons (Fsp3) is 0.571. The number of nitrogens with zero attached hydrogens (tertiary/aromatic N) is 1. The highest BCUT2D eigenvalue weighted by molar-refractivity contribution is 5.23. The van der Waals surface area contributed by atoms with E-state index in [2.05, 4.69) is 10.2 Å². The van der Waals surface area contributed by atoms with Gasteiger partial charge in [-0.25, -0.2) is 0 Å². The van der Waals surface area contributed by atoms with E-state index >= 15 is 0 Å². The number of rotatable bonds is 4. The third kappa shape index (κ3) is 5.20. The summed E-state index contributed by atoms with van der Waals surface area (Å²) in [5.74, 6) is 0. The summed E-state index contributed by atoms with van der Waals surface area (Å²) in [6.45, 7) is 5.10. The van der Waals surface area contributed by atoms with Gasteiger partial charge in [0, 0.05) is 32.7 Å². The number of hydrogen-bond donors (Lipinski definition) is 1. The number of alkyl halides is 3. The Bertz CT molecular complexity index is 381. The van der Waals surface area contributed by atoms with E-state index in [0.29, 0.717) is 5.56 Å². The third-order valence-electron chi connectivity index (χ3n) is 3.35. The monoisotopic (exact) mass is 272 g/mol. The molecule has 19 heavy (non-hydrogen) atoms. The quantitative estimate of drug-likeness (QED) is 0.904. The van der Waals surface area contributed by atoms with Gasteiger partial charge in [0.2, 0.25) is 0 Å². The van der Waals surface area contributed by atoms with Crippen molar-refractivity contribution in [3.8, 4) is 0 Å². The molecule has 0 saturated carbocycles. The lowest BCUT2D eigenvalue weighted by atomic mass is 10.1. The van der Waals surface area contributed by atoms with Gasteiger partial charge in [-0.3, -0.25) is 0 Å². The lowest BCUT2D eigenvalue weighted by Crippen LogP contribution is -2.44. The summed E-state index contributed by atoms with van der Waals surface area (Å²) in [5, 5.41) is 3.29. The average Bonchev–Trinajstić information content (AvgIpc) is 2.37. The van der Waals surface area contributed by atoms with Crippen LogP contribution in [0.4, 0.5) is 13.2 Å². The van der Waals surface area contributed by atoms with Gasteiger partial charge in [0.15, 0.2) is 0 Å². The molecular weight excluding hydrogens is 253 g/mol. The molecule has 1 aromatic carbocycles. The van der Waals surface area contributed by atoms with Gasteiger partial charge >= 0.3 is 6.18 Å². The van der Waals surface area contributed by atoms with E-state index in [0.717, 1.165) is 44.7 Å². The van der Waals surface area contributed by atoms with E-state index in [9.17, 15) is 13.2 Å². The number of nitrogens with one attached hydrogen (secondary N) is 1. The second kappa shape index (κ2) is 6.39. The van der Waals surface area contributed by atoms with Crippen LogP contribution >= 0.6 is 0 Å². The first kappa shape index (κ1) is 14.3. The fourth-order valence-electron chi connectivity index (χ4n) is 2.28. The van der Waals surface area contributed by atoms with Crippen molar-refractivity contribution >= 4 is 0 Å². The molecule has 0 amide bonds. The summed E-state index contributed by atoms with van der Waals surface area (Å²) in [6, 6.07) is 6.79. The summed E-state index contributed by atoms with van der Waals surface area (Å²) < 4.78 is 36.7. The van der Waals surface area contributed by atoms with E-state index in [1.54, 1.807) is 12.1 Å². The smallest absolute Gasteiger partial charge is 0.314 e. The molecule has 0 aromatic heterocycles. The molecule has 0 atom stereocenters. The molecular formula is C14H19F3N2. The second-order valence-corrected chi connectivity index (χ2v) is 4.95. The molecule has 1 heterocycles. The minimum atomic E-state index is -4.12. The van der Waals surface area contributed by atoms with Crippen LogP contribution in [0, 0.1) is 0 Å². The first-order valence-electron chi connectivity index (χ1n) is 6.60. The summed E-state index contributed by atoms with van der Waals surface area (Å²) in [4.78, 5) is 2.38. The second-order valence-electron chi connectivity index (χ2n) is 4.95. The molecule has 2 rings (SSSR count). The van der Waals surface area contributed by atoms with Crippen LogP contribution in [0.25, 0.3) is 0 Å². The van der Waals surface area contributed by atoms with Crippen molar-refractivity contribution < 1.29 is 13.2 Å².